The van der Waals surface area contributed by atoms with Gasteiger partial charge in [0, 0.05) is 6.42 Å². The summed E-state index contributed by atoms with van der Waals surface area (Å²) in [7, 11) is 0. The first-order chi connectivity index (χ1) is 12.5. The van der Waals surface area contributed by atoms with E-state index in [-0.39, 0.29) is 0 Å². The Kier molecular flexibility index (Phi) is 4.28. The molecule has 0 amide bonds. The van der Waals surface area contributed by atoms with Gasteiger partial charge in [-0.05, 0) is 23.8 Å². The van der Waals surface area contributed by atoms with Gasteiger partial charge in [0.05, 0.1) is 27.5 Å². The summed E-state index contributed by atoms with van der Waals surface area (Å²) >= 11 is 1.24. The van der Waals surface area contributed by atoms with Gasteiger partial charge in [0.1, 0.15) is 5.82 Å². The Balaban J connectivity index is 1.61. The molecule has 0 bridgehead atoms. The number of amidine groups is 1. The second kappa shape index (κ2) is 6.60. The van der Waals surface area contributed by atoms with Gasteiger partial charge in [0.2, 0.25) is 5.84 Å². The number of aliphatic imine (C=N–C) groups is 2. The zero-order valence-corrected chi connectivity index (χ0v) is 14.2. The van der Waals surface area contributed by atoms with E-state index in [2.05, 4.69) is 20.0 Å². The van der Waals surface area contributed by atoms with Crippen molar-refractivity contribution in [3.63, 3.8) is 0 Å². The molecule has 0 spiro atoms. The summed E-state index contributed by atoms with van der Waals surface area (Å²) < 4.78 is 39.7. The van der Waals surface area contributed by atoms with Gasteiger partial charge in [-0.3, -0.25) is 0 Å². The molecule has 2 aromatic carbocycles. The van der Waals surface area contributed by atoms with Crippen molar-refractivity contribution in [1.82, 2.24) is 9.97 Å². The summed E-state index contributed by atoms with van der Waals surface area (Å²) in [6.45, 7) is 0. The predicted octanol–water partition coefficient (Wildman–Crippen LogP) is 5.04. The van der Waals surface area contributed by atoms with Crippen LogP contribution in [0.5, 0.6) is 0 Å². The maximum Gasteiger partial charge on any atom is 0.451 e. The Morgan fingerprint density at radius 2 is 1.77 bits per heavy atom. The maximum absolute atomic E-state index is 13.2. The van der Waals surface area contributed by atoms with Crippen molar-refractivity contribution in [3.05, 3.63) is 59.9 Å². The number of nitrogens with one attached hydrogen (secondary N) is 1. The highest BCUT2D eigenvalue weighted by Crippen LogP contribution is 2.30. The molecule has 26 heavy (non-hydrogen) atoms. The summed E-state index contributed by atoms with van der Waals surface area (Å²) in [6, 6.07) is 14.4. The molecule has 132 valence electrons. The molecule has 1 N–H and O–H groups in total. The molecule has 0 fully saturated rings. The normalized spacial score (nSPS) is 14.6. The Hall–Kier alpha value is -2.61. The van der Waals surface area contributed by atoms with Gasteiger partial charge in [0.15, 0.2) is 0 Å². The summed E-state index contributed by atoms with van der Waals surface area (Å²) in [5.74, 6) is -0.0163. The molecule has 8 heteroatoms. The highest BCUT2D eigenvalue weighted by molar-refractivity contribution is 8.13. The van der Waals surface area contributed by atoms with Crippen molar-refractivity contribution in [3.8, 4) is 0 Å². The number of H-pyrrole nitrogens is 1. The van der Waals surface area contributed by atoms with E-state index in [1.54, 1.807) is 24.3 Å². The zero-order valence-electron chi connectivity index (χ0n) is 13.4. The number of para-hydroxylation sites is 3. The molecular weight excluding hydrogens is 361 g/mol. The smallest absolute Gasteiger partial charge is 0.341 e. The lowest BCUT2D eigenvalue weighted by Crippen LogP contribution is -2.21. The van der Waals surface area contributed by atoms with E-state index in [0.717, 1.165) is 16.6 Å². The largest absolute Gasteiger partial charge is 0.451 e. The SMILES string of the molecule is FC(F)(F)C1=Nc2ccccc2CC(SCc2nc3ccccc3[nH]2)=N1. The first-order valence-electron chi connectivity index (χ1n) is 7.87. The lowest BCUT2D eigenvalue weighted by Gasteiger charge is -2.06. The molecule has 4 nitrogen and oxygen atoms in total. The standard InChI is InChI=1S/C18H13F3N4S/c19-18(20,21)17-24-12-6-2-1-5-11(12)9-16(25-17)26-10-15-22-13-7-3-4-8-14(13)23-15/h1-8H,9-10H2,(H,22,23). The number of aromatic nitrogens is 2. The third-order valence-electron chi connectivity index (χ3n) is 3.86. The van der Waals surface area contributed by atoms with Gasteiger partial charge in [-0.2, -0.15) is 13.2 Å². The third-order valence-corrected chi connectivity index (χ3v) is 4.84. The first kappa shape index (κ1) is 16.8. The van der Waals surface area contributed by atoms with Gasteiger partial charge in [-0.1, -0.05) is 30.3 Å². The molecular formula is C18H13F3N4S. The van der Waals surface area contributed by atoms with E-state index in [9.17, 15) is 13.2 Å². The van der Waals surface area contributed by atoms with Crippen LogP contribution in [0.3, 0.4) is 0 Å². The number of hydrogen-bond acceptors (Lipinski definition) is 4. The average Bonchev–Trinajstić information content (AvgIpc) is 2.92. The number of halogens is 3. The van der Waals surface area contributed by atoms with Crippen molar-refractivity contribution < 1.29 is 13.2 Å². The predicted molar refractivity (Wildman–Crippen MR) is 98.1 cm³/mol. The van der Waals surface area contributed by atoms with Crippen molar-refractivity contribution in [2.45, 2.75) is 18.3 Å². The fourth-order valence-corrected chi connectivity index (χ4v) is 3.51. The molecule has 2 heterocycles. The number of benzene rings is 2. The van der Waals surface area contributed by atoms with Crippen molar-refractivity contribution in [1.29, 1.82) is 0 Å². The third kappa shape index (κ3) is 3.50. The fraction of sp³-hybridized carbons (Fsp3) is 0.167. The summed E-state index contributed by atoms with van der Waals surface area (Å²) in [5.41, 5.74) is 2.76. The van der Waals surface area contributed by atoms with E-state index in [1.165, 1.54) is 11.8 Å². The molecule has 0 saturated carbocycles. The summed E-state index contributed by atoms with van der Waals surface area (Å²) in [5, 5.41) is 0.367. The van der Waals surface area contributed by atoms with Crippen LogP contribution in [-0.4, -0.2) is 27.0 Å². The fourth-order valence-electron chi connectivity index (χ4n) is 2.66. The number of nitrogens with zero attached hydrogens (tertiary/aromatic N) is 3. The van der Waals surface area contributed by atoms with Crippen molar-refractivity contribution >= 4 is 39.4 Å². The van der Waals surface area contributed by atoms with Gasteiger partial charge in [-0.15, -0.1) is 11.8 Å². The quantitative estimate of drug-likeness (QED) is 0.683. The van der Waals surface area contributed by atoms with E-state index in [1.807, 2.05) is 24.3 Å². The van der Waals surface area contributed by atoms with Crippen LogP contribution in [-0.2, 0) is 12.2 Å². The molecule has 1 aliphatic heterocycles. The van der Waals surface area contributed by atoms with E-state index >= 15 is 0 Å². The number of imidazole rings is 1. The lowest BCUT2D eigenvalue weighted by molar-refractivity contribution is -0.0596. The van der Waals surface area contributed by atoms with Gasteiger partial charge in [0.25, 0.3) is 0 Å². The van der Waals surface area contributed by atoms with Crippen LogP contribution in [0.2, 0.25) is 0 Å². The molecule has 0 atom stereocenters. The lowest BCUT2D eigenvalue weighted by atomic mass is 10.1. The van der Waals surface area contributed by atoms with Crippen molar-refractivity contribution in [2.24, 2.45) is 9.98 Å². The molecule has 0 saturated heterocycles. The minimum atomic E-state index is -4.59. The molecule has 3 aromatic rings. The minimum absolute atomic E-state index is 0.308. The van der Waals surface area contributed by atoms with Crippen molar-refractivity contribution in [2.75, 3.05) is 0 Å². The van der Waals surface area contributed by atoms with Crippen LogP contribution < -0.4 is 0 Å². The summed E-state index contributed by atoms with van der Waals surface area (Å²) in [4.78, 5) is 15.1. The van der Waals surface area contributed by atoms with Crippen LogP contribution in [0.4, 0.5) is 18.9 Å². The number of thioether (sulfide) groups is 1. The molecule has 0 aliphatic carbocycles. The van der Waals surface area contributed by atoms with Gasteiger partial charge in [-0.25, -0.2) is 15.0 Å². The second-order valence-electron chi connectivity index (χ2n) is 5.73. The Bertz CT molecular complexity index is 987. The highest BCUT2D eigenvalue weighted by Gasteiger charge is 2.37. The number of aromatic amines is 1. The zero-order chi connectivity index (χ0) is 18.1. The second-order valence-corrected chi connectivity index (χ2v) is 6.78. The number of rotatable bonds is 2. The number of alkyl halides is 3. The molecule has 0 unspecified atom stereocenters. The van der Waals surface area contributed by atoms with Gasteiger partial charge >= 0.3 is 6.18 Å². The van der Waals surface area contributed by atoms with Crippen LogP contribution in [0, 0.1) is 0 Å². The van der Waals surface area contributed by atoms with Crippen LogP contribution in [0.25, 0.3) is 11.0 Å². The highest BCUT2D eigenvalue weighted by atomic mass is 32.2. The number of hydrogen-bond donors (Lipinski definition) is 1. The minimum Gasteiger partial charge on any atom is -0.341 e. The van der Waals surface area contributed by atoms with Gasteiger partial charge < -0.3 is 4.98 Å². The molecule has 1 aromatic heterocycles. The van der Waals surface area contributed by atoms with E-state index in [0.29, 0.717) is 28.7 Å². The van der Waals surface area contributed by atoms with Crippen LogP contribution in [0.15, 0.2) is 58.5 Å². The number of fused-ring (bicyclic) bond motifs is 2. The first-order valence-corrected chi connectivity index (χ1v) is 8.85. The van der Waals surface area contributed by atoms with Crippen LogP contribution >= 0.6 is 11.8 Å². The van der Waals surface area contributed by atoms with E-state index in [4.69, 9.17) is 0 Å². The average molecular weight is 374 g/mol. The molecule has 1 aliphatic rings. The van der Waals surface area contributed by atoms with E-state index < -0.39 is 12.0 Å². The Labute approximate surface area is 151 Å². The Morgan fingerprint density at radius 1 is 1.00 bits per heavy atom. The molecule has 4 rings (SSSR count). The monoisotopic (exact) mass is 374 g/mol. The topological polar surface area (TPSA) is 53.4 Å². The molecule has 0 radical (unpaired) electrons. The maximum atomic E-state index is 13.2. The Morgan fingerprint density at radius 3 is 2.58 bits per heavy atom. The van der Waals surface area contributed by atoms with Crippen LogP contribution in [0.1, 0.15) is 11.4 Å². The summed E-state index contributed by atoms with van der Waals surface area (Å²) in [6.07, 6.45) is -4.28.